The minimum Gasteiger partial charge on any atom is -0.484 e. The van der Waals surface area contributed by atoms with Crippen molar-refractivity contribution in [2.75, 3.05) is 46.2 Å². The molecular weight excluding hydrogens is 448 g/mol. The van der Waals surface area contributed by atoms with Crippen LogP contribution in [0.15, 0.2) is 48.5 Å². The fourth-order valence-electron chi connectivity index (χ4n) is 5.10. The predicted molar refractivity (Wildman–Crippen MR) is 129 cm³/mol. The molecule has 1 N–H and O–H groups in total. The summed E-state index contributed by atoms with van der Waals surface area (Å²) < 4.78 is 22.3. The highest BCUT2D eigenvalue weighted by molar-refractivity contribution is 5.80. The zero-order valence-corrected chi connectivity index (χ0v) is 19.9. The Labute approximate surface area is 205 Å². The van der Waals surface area contributed by atoms with Gasteiger partial charge in [-0.2, -0.15) is 0 Å². The number of nitrogens with one attached hydrogen (secondary N) is 1. The Morgan fingerprint density at radius 3 is 2.51 bits per heavy atom. The fourth-order valence-corrected chi connectivity index (χ4v) is 5.10. The fraction of sp³-hybridized carbons (Fsp3) is 0.481. The van der Waals surface area contributed by atoms with Crippen LogP contribution in [0.1, 0.15) is 31.2 Å². The number of carbonyl (C=O) groups is 2. The number of amides is 2. The summed E-state index contributed by atoms with van der Waals surface area (Å²) in [6.45, 7) is 3.27. The minimum atomic E-state index is -0.194. The van der Waals surface area contributed by atoms with Gasteiger partial charge in [0.15, 0.2) is 18.1 Å². The summed E-state index contributed by atoms with van der Waals surface area (Å²) in [4.78, 5) is 27.4. The number of benzene rings is 2. The predicted octanol–water partition coefficient (Wildman–Crippen LogP) is 2.90. The van der Waals surface area contributed by atoms with Crippen molar-refractivity contribution in [3.05, 3.63) is 54.1 Å². The normalized spacial score (nSPS) is 19.3. The van der Waals surface area contributed by atoms with E-state index in [-0.39, 0.29) is 36.5 Å². The summed E-state index contributed by atoms with van der Waals surface area (Å²) in [5, 5.41) is 3.23. The molecular formula is C27H32N2O6. The molecule has 5 rings (SSSR count). The number of likely N-dealkylation sites (tertiary alicyclic amines) is 1. The van der Waals surface area contributed by atoms with E-state index >= 15 is 0 Å². The van der Waals surface area contributed by atoms with Crippen LogP contribution >= 0.6 is 0 Å². The Bertz CT molecular complexity index is 1030. The number of hydrogen-bond donors (Lipinski definition) is 1. The third-order valence-corrected chi connectivity index (χ3v) is 7.36. The van der Waals surface area contributed by atoms with E-state index in [0.717, 1.165) is 29.9 Å². The zero-order valence-electron chi connectivity index (χ0n) is 19.9. The van der Waals surface area contributed by atoms with Gasteiger partial charge in [-0.15, -0.1) is 0 Å². The van der Waals surface area contributed by atoms with Crippen LogP contribution in [0.2, 0.25) is 0 Å². The highest BCUT2D eigenvalue weighted by Crippen LogP contribution is 2.40. The van der Waals surface area contributed by atoms with Gasteiger partial charge in [0.05, 0.1) is 0 Å². The summed E-state index contributed by atoms with van der Waals surface area (Å²) in [7, 11) is 0. The molecule has 8 nitrogen and oxygen atoms in total. The van der Waals surface area contributed by atoms with Crippen molar-refractivity contribution >= 4 is 11.8 Å². The standard InChI is InChI=1S/C27H32N2O6/c30-25(17-33-22-4-2-1-3-5-22)29-12-8-20(9-13-29)26(31)28-18-27(10-14-32-15-11-27)21-6-7-23-24(16-21)35-19-34-23/h1-7,16,20H,8-15,17-19H2,(H,28,31). The van der Waals surface area contributed by atoms with Gasteiger partial charge in [-0.3, -0.25) is 9.59 Å². The molecule has 0 spiro atoms. The van der Waals surface area contributed by atoms with Gasteiger partial charge in [-0.1, -0.05) is 24.3 Å². The number of para-hydroxylation sites is 1. The van der Waals surface area contributed by atoms with Crippen LogP contribution in [-0.2, 0) is 19.7 Å². The van der Waals surface area contributed by atoms with Crippen LogP contribution in [0.4, 0.5) is 0 Å². The van der Waals surface area contributed by atoms with Gasteiger partial charge in [0, 0.05) is 44.2 Å². The highest BCUT2D eigenvalue weighted by Gasteiger charge is 2.37. The average Bonchev–Trinajstić information content (AvgIpc) is 3.40. The van der Waals surface area contributed by atoms with Gasteiger partial charge < -0.3 is 29.2 Å². The molecule has 0 unspecified atom stereocenters. The topological polar surface area (TPSA) is 86.3 Å². The number of rotatable bonds is 7. The Kier molecular flexibility index (Phi) is 7.08. The lowest BCUT2D eigenvalue weighted by Crippen LogP contribution is -2.48. The van der Waals surface area contributed by atoms with Gasteiger partial charge >= 0.3 is 0 Å². The van der Waals surface area contributed by atoms with Crippen molar-refractivity contribution in [3.8, 4) is 17.2 Å². The second-order valence-corrected chi connectivity index (χ2v) is 9.44. The summed E-state index contributed by atoms with van der Waals surface area (Å²) in [5.41, 5.74) is 0.949. The molecule has 0 radical (unpaired) electrons. The Morgan fingerprint density at radius 1 is 1.00 bits per heavy atom. The summed E-state index contributed by atoms with van der Waals surface area (Å²) in [6, 6.07) is 15.4. The monoisotopic (exact) mass is 480 g/mol. The third-order valence-electron chi connectivity index (χ3n) is 7.36. The van der Waals surface area contributed by atoms with E-state index in [9.17, 15) is 9.59 Å². The lowest BCUT2D eigenvalue weighted by atomic mass is 9.74. The number of ether oxygens (including phenoxy) is 4. The van der Waals surface area contributed by atoms with Gasteiger partial charge in [0.25, 0.3) is 5.91 Å². The molecule has 2 saturated heterocycles. The molecule has 0 bridgehead atoms. The van der Waals surface area contributed by atoms with Crippen molar-refractivity contribution in [1.29, 1.82) is 0 Å². The van der Waals surface area contributed by atoms with E-state index in [4.69, 9.17) is 18.9 Å². The first-order valence-electron chi connectivity index (χ1n) is 12.3. The van der Waals surface area contributed by atoms with Crippen LogP contribution in [0.3, 0.4) is 0 Å². The highest BCUT2D eigenvalue weighted by atomic mass is 16.7. The van der Waals surface area contributed by atoms with Crippen LogP contribution < -0.4 is 19.5 Å². The smallest absolute Gasteiger partial charge is 0.260 e. The molecule has 0 saturated carbocycles. The molecule has 186 valence electrons. The Morgan fingerprint density at radius 2 is 1.74 bits per heavy atom. The first kappa shape index (κ1) is 23.5. The second-order valence-electron chi connectivity index (χ2n) is 9.44. The maximum Gasteiger partial charge on any atom is 0.260 e. The molecule has 0 aliphatic carbocycles. The van der Waals surface area contributed by atoms with Crippen LogP contribution in [0.25, 0.3) is 0 Å². The maximum atomic E-state index is 13.1. The maximum absolute atomic E-state index is 13.1. The summed E-state index contributed by atoms with van der Waals surface area (Å²) >= 11 is 0. The van der Waals surface area contributed by atoms with Crippen molar-refractivity contribution in [1.82, 2.24) is 10.2 Å². The van der Waals surface area contributed by atoms with Crippen LogP contribution in [0, 0.1) is 5.92 Å². The molecule has 3 heterocycles. The van der Waals surface area contributed by atoms with E-state index in [0.29, 0.717) is 51.4 Å². The molecule has 2 fully saturated rings. The average molecular weight is 481 g/mol. The van der Waals surface area contributed by atoms with Crippen LogP contribution in [0.5, 0.6) is 17.2 Å². The number of nitrogens with zero attached hydrogens (tertiary/aromatic N) is 1. The number of fused-ring (bicyclic) bond motifs is 1. The van der Waals surface area contributed by atoms with E-state index in [1.165, 1.54) is 0 Å². The van der Waals surface area contributed by atoms with Crippen LogP contribution in [-0.4, -0.2) is 63.0 Å². The van der Waals surface area contributed by atoms with Gasteiger partial charge in [-0.25, -0.2) is 0 Å². The molecule has 8 heteroatoms. The minimum absolute atomic E-state index is 0.0149. The first-order chi connectivity index (χ1) is 17.1. The van der Waals surface area contributed by atoms with E-state index in [1.807, 2.05) is 42.5 Å². The van der Waals surface area contributed by atoms with Gasteiger partial charge in [-0.05, 0) is 55.5 Å². The number of carbonyl (C=O) groups excluding carboxylic acids is 2. The van der Waals surface area contributed by atoms with Gasteiger partial charge in [0.2, 0.25) is 12.7 Å². The van der Waals surface area contributed by atoms with E-state index in [2.05, 4.69) is 11.4 Å². The number of piperidine rings is 1. The summed E-state index contributed by atoms with van der Waals surface area (Å²) in [5.74, 6) is 2.12. The van der Waals surface area contributed by atoms with Crippen molar-refractivity contribution in [2.45, 2.75) is 31.1 Å². The third kappa shape index (κ3) is 5.37. The molecule has 2 amide bonds. The lowest BCUT2D eigenvalue weighted by Gasteiger charge is -2.39. The largest absolute Gasteiger partial charge is 0.484 e. The van der Waals surface area contributed by atoms with Crippen molar-refractivity contribution in [2.24, 2.45) is 5.92 Å². The molecule has 3 aliphatic heterocycles. The Hall–Kier alpha value is -3.26. The van der Waals surface area contributed by atoms with Crippen molar-refractivity contribution < 1.29 is 28.5 Å². The molecule has 0 atom stereocenters. The molecule has 35 heavy (non-hydrogen) atoms. The molecule has 3 aliphatic rings. The molecule has 2 aromatic rings. The quantitative estimate of drug-likeness (QED) is 0.656. The number of hydrogen-bond acceptors (Lipinski definition) is 6. The Balaban J connectivity index is 1.13. The van der Waals surface area contributed by atoms with Gasteiger partial charge in [0.1, 0.15) is 5.75 Å². The summed E-state index contributed by atoms with van der Waals surface area (Å²) in [6.07, 6.45) is 2.98. The zero-order chi connectivity index (χ0) is 24.1. The first-order valence-corrected chi connectivity index (χ1v) is 12.3. The molecule has 0 aromatic heterocycles. The second kappa shape index (κ2) is 10.6. The molecule has 2 aromatic carbocycles. The van der Waals surface area contributed by atoms with Crippen molar-refractivity contribution in [3.63, 3.8) is 0 Å². The SMILES string of the molecule is O=C(NCC1(c2ccc3c(c2)OCO3)CCOCC1)C1CCN(C(=O)COc2ccccc2)CC1. The lowest BCUT2D eigenvalue weighted by molar-refractivity contribution is -0.137. The van der Waals surface area contributed by atoms with E-state index < -0.39 is 0 Å². The van der Waals surface area contributed by atoms with E-state index in [1.54, 1.807) is 4.90 Å².